The Morgan fingerprint density at radius 2 is 2.00 bits per heavy atom. The molecule has 0 unspecified atom stereocenters. The van der Waals surface area contributed by atoms with Crippen LogP contribution >= 0.6 is 11.8 Å². The molecule has 2 rings (SSSR count). The number of nitrogens with one attached hydrogen (secondary N) is 1. The van der Waals surface area contributed by atoms with Crippen LogP contribution in [0.3, 0.4) is 0 Å². The molecule has 1 N–H and O–H groups in total. The van der Waals surface area contributed by atoms with Crippen LogP contribution in [0.15, 0.2) is 11.5 Å². The van der Waals surface area contributed by atoms with Gasteiger partial charge in [0.2, 0.25) is 11.8 Å². The maximum absolute atomic E-state index is 12.2. The van der Waals surface area contributed by atoms with Gasteiger partial charge in [-0.05, 0) is 13.8 Å². The van der Waals surface area contributed by atoms with Crippen molar-refractivity contribution in [1.29, 1.82) is 0 Å². The van der Waals surface area contributed by atoms with Crippen LogP contribution in [-0.4, -0.2) is 80.9 Å². The first-order valence-corrected chi connectivity index (χ1v) is 8.70. The van der Waals surface area contributed by atoms with Gasteiger partial charge in [-0.1, -0.05) is 11.8 Å². The summed E-state index contributed by atoms with van der Waals surface area (Å²) in [5.41, 5.74) is 0. The smallest absolute Gasteiger partial charge is 0.234 e. The molecule has 1 saturated heterocycles. The normalized spacial score (nSPS) is 15.9. The van der Waals surface area contributed by atoms with Gasteiger partial charge in [0.25, 0.3) is 0 Å². The van der Waals surface area contributed by atoms with Gasteiger partial charge in [0.1, 0.15) is 6.33 Å². The van der Waals surface area contributed by atoms with E-state index >= 15 is 0 Å². The molecule has 0 atom stereocenters. The van der Waals surface area contributed by atoms with Gasteiger partial charge in [0.15, 0.2) is 5.16 Å². The minimum absolute atomic E-state index is 0.0395. The molecule has 0 bridgehead atoms. The fourth-order valence-corrected chi connectivity index (χ4v) is 3.14. The molecule has 0 radical (unpaired) electrons. The molecule has 1 aromatic heterocycles. The van der Waals surface area contributed by atoms with Gasteiger partial charge in [-0.3, -0.25) is 14.5 Å². The first-order chi connectivity index (χ1) is 11.0. The van der Waals surface area contributed by atoms with Gasteiger partial charge in [0.05, 0.1) is 12.3 Å². The maximum atomic E-state index is 12.2. The van der Waals surface area contributed by atoms with Crippen molar-refractivity contribution < 1.29 is 9.59 Å². The molecule has 2 heterocycles. The number of nitrogens with zero attached hydrogens (tertiary/aromatic N) is 5. The summed E-state index contributed by atoms with van der Waals surface area (Å²) < 4.78 is 1.79. The zero-order valence-corrected chi connectivity index (χ0v) is 14.7. The van der Waals surface area contributed by atoms with Crippen LogP contribution in [0.5, 0.6) is 0 Å². The molecule has 0 saturated carbocycles. The Labute approximate surface area is 140 Å². The number of carbonyl (C=O) groups excluding carboxylic acids is 2. The summed E-state index contributed by atoms with van der Waals surface area (Å²) in [4.78, 5) is 27.9. The number of aromatic nitrogens is 3. The molecule has 0 aromatic carbocycles. The molecule has 9 heteroatoms. The van der Waals surface area contributed by atoms with Crippen molar-refractivity contribution in [1.82, 2.24) is 29.9 Å². The molecule has 0 aliphatic carbocycles. The lowest BCUT2D eigenvalue weighted by Crippen LogP contribution is -2.52. The van der Waals surface area contributed by atoms with E-state index in [1.165, 1.54) is 11.8 Å². The van der Waals surface area contributed by atoms with E-state index in [1.807, 2.05) is 25.8 Å². The predicted octanol–water partition coefficient (Wildman–Crippen LogP) is -0.424. The molecule has 8 nitrogen and oxygen atoms in total. The molecule has 23 heavy (non-hydrogen) atoms. The average molecular weight is 340 g/mol. The molecule has 1 aromatic rings. The van der Waals surface area contributed by atoms with Crippen molar-refractivity contribution in [3.05, 3.63) is 6.33 Å². The number of piperazine rings is 1. The molecule has 1 fully saturated rings. The fraction of sp³-hybridized carbons (Fsp3) is 0.714. The number of thioether (sulfide) groups is 1. The third kappa shape index (κ3) is 5.51. The van der Waals surface area contributed by atoms with Crippen LogP contribution in [0.1, 0.15) is 13.8 Å². The zero-order chi connectivity index (χ0) is 16.8. The summed E-state index contributed by atoms with van der Waals surface area (Å²) in [7, 11) is 1.85. The number of carbonyl (C=O) groups is 2. The van der Waals surface area contributed by atoms with E-state index in [9.17, 15) is 9.59 Å². The average Bonchev–Trinajstić information content (AvgIpc) is 2.90. The largest absolute Gasteiger partial charge is 0.353 e. The van der Waals surface area contributed by atoms with Gasteiger partial charge in [-0.2, -0.15) is 0 Å². The first-order valence-electron chi connectivity index (χ1n) is 7.72. The molecule has 1 aliphatic heterocycles. The Hall–Kier alpha value is -1.61. The second-order valence-electron chi connectivity index (χ2n) is 5.89. The van der Waals surface area contributed by atoms with Crippen molar-refractivity contribution in [2.45, 2.75) is 25.0 Å². The van der Waals surface area contributed by atoms with Crippen molar-refractivity contribution in [2.75, 3.05) is 38.5 Å². The van der Waals surface area contributed by atoms with Crippen LogP contribution in [0.4, 0.5) is 0 Å². The number of aryl methyl sites for hydroxylation is 1. The van der Waals surface area contributed by atoms with Crippen LogP contribution < -0.4 is 5.32 Å². The Bertz CT molecular complexity index is 539. The molecule has 128 valence electrons. The van der Waals surface area contributed by atoms with Gasteiger partial charge in [-0.15, -0.1) is 10.2 Å². The molecular formula is C14H24N6O2S. The third-order valence-corrected chi connectivity index (χ3v) is 4.56. The Balaban J connectivity index is 1.70. The summed E-state index contributed by atoms with van der Waals surface area (Å²) in [5, 5.41) is 11.4. The van der Waals surface area contributed by atoms with Crippen molar-refractivity contribution in [3.8, 4) is 0 Å². The number of rotatable bonds is 6. The molecule has 0 spiro atoms. The van der Waals surface area contributed by atoms with E-state index in [2.05, 4.69) is 20.4 Å². The zero-order valence-electron chi connectivity index (χ0n) is 13.9. The van der Waals surface area contributed by atoms with Crippen molar-refractivity contribution in [3.63, 3.8) is 0 Å². The molecule has 1 aliphatic rings. The summed E-state index contributed by atoms with van der Waals surface area (Å²) >= 11 is 1.39. The maximum Gasteiger partial charge on any atom is 0.234 e. The van der Waals surface area contributed by atoms with Crippen LogP contribution in [0.25, 0.3) is 0 Å². The van der Waals surface area contributed by atoms with Crippen molar-refractivity contribution >= 4 is 23.6 Å². The second-order valence-corrected chi connectivity index (χ2v) is 6.83. The summed E-state index contributed by atoms with van der Waals surface area (Å²) in [6, 6.07) is 0.156. The molecule has 2 amide bonds. The highest BCUT2D eigenvalue weighted by Crippen LogP contribution is 2.14. The van der Waals surface area contributed by atoms with E-state index in [-0.39, 0.29) is 17.9 Å². The Kier molecular flexibility index (Phi) is 6.40. The van der Waals surface area contributed by atoms with Crippen LogP contribution in [-0.2, 0) is 16.6 Å². The van der Waals surface area contributed by atoms with Crippen molar-refractivity contribution in [2.24, 2.45) is 7.05 Å². The SMILES string of the molecule is CC(C)NC(=O)CN1CCN(C(=O)CSc2nncn2C)CC1. The monoisotopic (exact) mass is 340 g/mol. The Morgan fingerprint density at radius 1 is 1.30 bits per heavy atom. The Morgan fingerprint density at radius 3 is 2.57 bits per heavy atom. The van der Waals surface area contributed by atoms with Crippen LogP contribution in [0, 0.1) is 0 Å². The highest BCUT2D eigenvalue weighted by Gasteiger charge is 2.22. The van der Waals surface area contributed by atoms with E-state index in [1.54, 1.807) is 10.9 Å². The van der Waals surface area contributed by atoms with Crippen LogP contribution in [0.2, 0.25) is 0 Å². The predicted molar refractivity (Wildman–Crippen MR) is 88.0 cm³/mol. The quantitative estimate of drug-likeness (QED) is 0.708. The lowest BCUT2D eigenvalue weighted by molar-refractivity contribution is -0.130. The van der Waals surface area contributed by atoms with E-state index in [4.69, 9.17) is 0 Å². The number of hydrogen-bond acceptors (Lipinski definition) is 6. The minimum Gasteiger partial charge on any atom is -0.353 e. The topological polar surface area (TPSA) is 83.4 Å². The third-order valence-electron chi connectivity index (χ3n) is 3.54. The van der Waals surface area contributed by atoms with Gasteiger partial charge in [-0.25, -0.2) is 0 Å². The van der Waals surface area contributed by atoms with E-state index < -0.39 is 0 Å². The fourth-order valence-electron chi connectivity index (χ4n) is 2.35. The summed E-state index contributed by atoms with van der Waals surface area (Å²) in [6.45, 7) is 7.07. The lowest BCUT2D eigenvalue weighted by Gasteiger charge is -2.34. The first kappa shape index (κ1) is 17.7. The number of amides is 2. The summed E-state index contributed by atoms with van der Waals surface area (Å²) in [5.74, 6) is 0.502. The van der Waals surface area contributed by atoms with E-state index in [0.29, 0.717) is 25.4 Å². The summed E-state index contributed by atoms with van der Waals surface area (Å²) in [6.07, 6.45) is 1.62. The lowest BCUT2D eigenvalue weighted by atomic mass is 10.3. The van der Waals surface area contributed by atoms with Gasteiger partial charge < -0.3 is 14.8 Å². The minimum atomic E-state index is 0.0395. The standard InChI is InChI=1S/C14H24N6O2S/c1-11(2)16-12(21)8-19-4-6-20(7-5-19)13(22)9-23-14-17-15-10-18(14)3/h10-11H,4-9H2,1-3H3,(H,16,21). The number of hydrogen-bond donors (Lipinski definition) is 1. The highest BCUT2D eigenvalue weighted by atomic mass is 32.2. The van der Waals surface area contributed by atoms with E-state index in [0.717, 1.165) is 18.2 Å². The van der Waals surface area contributed by atoms with Gasteiger partial charge in [0, 0.05) is 39.3 Å². The highest BCUT2D eigenvalue weighted by molar-refractivity contribution is 7.99. The second kappa shape index (κ2) is 8.30. The molecular weight excluding hydrogens is 316 g/mol. The van der Waals surface area contributed by atoms with Gasteiger partial charge >= 0.3 is 0 Å².